The maximum Gasteiger partial charge on any atom is 0.408 e. The number of aliphatic hydroxyl groups excluding tert-OH is 1. The van der Waals surface area contributed by atoms with Gasteiger partial charge in [-0.15, -0.1) is 0 Å². The molecule has 1 amide bonds. The van der Waals surface area contributed by atoms with E-state index in [9.17, 15) is 4.79 Å². The van der Waals surface area contributed by atoms with Crippen LogP contribution in [0, 0.1) is 0 Å². The number of fused-ring (bicyclic) bond motifs is 1. The van der Waals surface area contributed by atoms with Gasteiger partial charge in [0.15, 0.2) is 0 Å². The van der Waals surface area contributed by atoms with Crippen molar-refractivity contribution in [2.24, 2.45) is 0 Å². The second-order valence-corrected chi connectivity index (χ2v) is 6.08. The van der Waals surface area contributed by atoms with Crippen molar-refractivity contribution in [1.29, 1.82) is 0 Å². The first kappa shape index (κ1) is 14.8. The maximum atomic E-state index is 11.9. The van der Waals surface area contributed by atoms with E-state index in [-0.39, 0.29) is 12.6 Å². The van der Waals surface area contributed by atoms with E-state index in [0.717, 1.165) is 30.5 Å². The van der Waals surface area contributed by atoms with Crippen molar-refractivity contribution < 1.29 is 14.6 Å². The van der Waals surface area contributed by atoms with Crippen molar-refractivity contribution in [1.82, 2.24) is 15.1 Å². The van der Waals surface area contributed by atoms with Crippen molar-refractivity contribution in [2.75, 3.05) is 6.61 Å². The minimum atomic E-state index is -0.497. The molecule has 0 spiro atoms. The summed E-state index contributed by atoms with van der Waals surface area (Å²) in [5, 5.41) is 16.2. The molecule has 1 unspecified atom stereocenters. The number of amides is 1. The maximum absolute atomic E-state index is 11.9. The molecule has 0 aliphatic heterocycles. The average molecular weight is 281 g/mol. The molecule has 6 nitrogen and oxygen atoms in total. The van der Waals surface area contributed by atoms with E-state index in [0.29, 0.717) is 6.54 Å². The number of rotatable bonds is 3. The zero-order valence-electron chi connectivity index (χ0n) is 12.3. The lowest BCUT2D eigenvalue weighted by Crippen LogP contribution is -2.36. The van der Waals surface area contributed by atoms with E-state index < -0.39 is 11.7 Å². The predicted octanol–water partition coefficient (Wildman–Crippen LogP) is 1.78. The average Bonchev–Trinajstić information content (AvgIpc) is 2.72. The monoisotopic (exact) mass is 281 g/mol. The third kappa shape index (κ3) is 3.50. The van der Waals surface area contributed by atoms with Gasteiger partial charge < -0.3 is 15.2 Å². The van der Waals surface area contributed by atoms with Crippen LogP contribution >= 0.6 is 0 Å². The number of carbonyl (C=O) groups is 1. The summed E-state index contributed by atoms with van der Waals surface area (Å²) in [7, 11) is 0. The van der Waals surface area contributed by atoms with Gasteiger partial charge in [-0.05, 0) is 40.0 Å². The van der Waals surface area contributed by atoms with Gasteiger partial charge in [-0.25, -0.2) is 4.79 Å². The molecule has 1 atom stereocenters. The molecule has 1 aliphatic carbocycles. The van der Waals surface area contributed by atoms with Gasteiger partial charge in [0.1, 0.15) is 5.60 Å². The van der Waals surface area contributed by atoms with Crippen molar-refractivity contribution in [3.05, 3.63) is 17.5 Å². The van der Waals surface area contributed by atoms with Crippen molar-refractivity contribution >= 4 is 6.09 Å². The lowest BCUT2D eigenvalue weighted by atomic mass is 9.93. The van der Waals surface area contributed by atoms with Crippen molar-refractivity contribution in [3.63, 3.8) is 0 Å². The highest BCUT2D eigenvalue weighted by Crippen LogP contribution is 2.29. The number of hydrogen-bond donors (Lipinski definition) is 2. The summed E-state index contributed by atoms with van der Waals surface area (Å²) in [6.45, 7) is 6.10. The summed E-state index contributed by atoms with van der Waals surface area (Å²) in [5.41, 5.74) is 1.64. The first-order valence-electron chi connectivity index (χ1n) is 7.05. The smallest absolute Gasteiger partial charge is 0.408 e. The van der Waals surface area contributed by atoms with Crippen LogP contribution in [0.15, 0.2) is 6.20 Å². The fraction of sp³-hybridized carbons (Fsp3) is 0.714. The largest absolute Gasteiger partial charge is 0.444 e. The molecule has 0 aromatic carbocycles. The third-order valence-electron chi connectivity index (χ3n) is 3.27. The second kappa shape index (κ2) is 5.83. The number of carbonyl (C=O) groups excluding carboxylic acids is 1. The Morgan fingerprint density at radius 2 is 2.35 bits per heavy atom. The molecule has 1 heterocycles. The van der Waals surface area contributed by atoms with Crippen LogP contribution in [0.5, 0.6) is 0 Å². The van der Waals surface area contributed by atoms with E-state index in [1.807, 2.05) is 25.5 Å². The Kier molecular flexibility index (Phi) is 4.32. The van der Waals surface area contributed by atoms with Crippen LogP contribution in [-0.2, 0) is 17.7 Å². The normalized spacial score (nSPS) is 18.5. The topological polar surface area (TPSA) is 76.4 Å². The molecule has 0 fully saturated rings. The highest BCUT2D eigenvalue weighted by atomic mass is 16.6. The SMILES string of the molecule is CC(C)(C)OC(=O)NC1CCCc2c1cnn2CCO. The summed E-state index contributed by atoms with van der Waals surface area (Å²) in [4.78, 5) is 11.9. The Balaban J connectivity index is 2.07. The molecule has 0 saturated heterocycles. The molecular weight excluding hydrogens is 258 g/mol. The zero-order chi connectivity index (χ0) is 14.8. The second-order valence-electron chi connectivity index (χ2n) is 6.08. The van der Waals surface area contributed by atoms with E-state index >= 15 is 0 Å². The summed E-state index contributed by atoms with van der Waals surface area (Å²) in [5.74, 6) is 0. The van der Waals surface area contributed by atoms with Crippen LogP contribution in [0.1, 0.15) is 50.9 Å². The van der Waals surface area contributed by atoms with Crippen LogP contribution in [0.2, 0.25) is 0 Å². The highest BCUT2D eigenvalue weighted by molar-refractivity contribution is 5.68. The summed E-state index contributed by atoms with van der Waals surface area (Å²) in [6.07, 6.45) is 4.20. The Morgan fingerprint density at radius 3 is 3.00 bits per heavy atom. The molecule has 0 saturated carbocycles. The Labute approximate surface area is 119 Å². The van der Waals surface area contributed by atoms with Gasteiger partial charge >= 0.3 is 6.09 Å². The van der Waals surface area contributed by atoms with Crippen LogP contribution in [0.4, 0.5) is 4.79 Å². The molecule has 0 bridgehead atoms. The molecule has 1 aliphatic rings. The number of aliphatic hydroxyl groups is 1. The third-order valence-corrected chi connectivity index (χ3v) is 3.27. The van der Waals surface area contributed by atoms with Crippen LogP contribution in [0.3, 0.4) is 0 Å². The number of hydrogen-bond acceptors (Lipinski definition) is 4. The Hall–Kier alpha value is -1.56. The molecule has 6 heteroatoms. The molecule has 112 valence electrons. The number of alkyl carbamates (subject to hydrolysis) is 1. The van der Waals surface area contributed by atoms with Crippen LogP contribution in [-0.4, -0.2) is 33.2 Å². The summed E-state index contributed by atoms with van der Waals surface area (Å²) in [6, 6.07) is -0.0546. The van der Waals surface area contributed by atoms with Crippen LogP contribution in [0.25, 0.3) is 0 Å². The van der Waals surface area contributed by atoms with Gasteiger partial charge in [0.2, 0.25) is 0 Å². The molecule has 2 rings (SSSR count). The summed E-state index contributed by atoms with van der Waals surface area (Å²) < 4.78 is 7.11. The van der Waals surface area contributed by atoms with E-state index in [1.54, 1.807) is 6.20 Å². The Bertz CT molecular complexity index is 476. The molecular formula is C14H23N3O3. The Morgan fingerprint density at radius 1 is 1.60 bits per heavy atom. The first-order valence-corrected chi connectivity index (χ1v) is 7.05. The van der Waals surface area contributed by atoms with Crippen molar-refractivity contribution in [2.45, 2.75) is 58.2 Å². The van der Waals surface area contributed by atoms with Crippen LogP contribution < -0.4 is 5.32 Å². The fourth-order valence-electron chi connectivity index (χ4n) is 2.51. The fourth-order valence-corrected chi connectivity index (χ4v) is 2.51. The minimum absolute atomic E-state index is 0.0546. The molecule has 0 radical (unpaired) electrons. The van der Waals surface area contributed by atoms with Crippen molar-refractivity contribution in [3.8, 4) is 0 Å². The molecule has 1 aromatic rings. The highest BCUT2D eigenvalue weighted by Gasteiger charge is 2.27. The zero-order valence-corrected chi connectivity index (χ0v) is 12.3. The molecule has 2 N–H and O–H groups in total. The lowest BCUT2D eigenvalue weighted by molar-refractivity contribution is 0.0498. The van der Waals surface area contributed by atoms with Gasteiger partial charge in [-0.1, -0.05) is 0 Å². The number of nitrogens with zero attached hydrogens (tertiary/aromatic N) is 2. The van der Waals surface area contributed by atoms with Gasteiger partial charge in [-0.2, -0.15) is 5.10 Å². The van der Waals surface area contributed by atoms with Gasteiger partial charge in [0.25, 0.3) is 0 Å². The molecule has 1 aromatic heterocycles. The number of nitrogens with one attached hydrogen (secondary N) is 1. The van der Waals surface area contributed by atoms with E-state index in [1.165, 1.54) is 0 Å². The quantitative estimate of drug-likeness (QED) is 0.885. The molecule has 20 heavy (non-hydrogen) atoms. The number of aromatic nitrogens is 2. The number of ether oxygens (including phenoxy) is 1. The lowest BCUT2D eigenvalue weighted by Gasteiger charge is -2.26. The standard InChI is InChI=1S/C14H23N3O3/c1-14(2,3)20-13(19)16-11-5-4-6-12-10(11)9-15-17(12)7-8-18/h9,11,18H,4-8H2,1-3H3,(H,16,19). The van der Waals surface area contributed by atoms with E-state index in [2.05, 4.69) is 10.4 Å². The first-order chi connectivity index (χ1) is 9.40. The van der Waals surface area contributed by atoms with Gasteiger partial charge in [0, 0.05) is 11.3 Å². The minimum Gasteiger partial charge on any atom is -0.444 e. The van der Waals surface area contributed by atoms with Gasteiger partial charge in [-0.3, -0.25) is 4.68 Å². The summed E-state index contributed by atoms with van der Waals surface area (Å²) >= 11 is 0. The van der Waals surface area contributed by atoms with E-state index in [4.69, 9.17) is 9.84 Å². The predicted molar refractivity (Wildman–Crippen MR) is 74.4 cm³/mol. The van der Waals surface area contributed by atoms with Gasteiger partial charge in [0.05, 0.1) is 25.4 Å².